The molecule has 0 saturated carbocycles. The number of benzene rings is 3. The summed E-state index contributed by atoms with van der Waals surface area (Å²) >= 11 is 8.09. The van der Waals surface area contributed by atoms with Gasteiger partial charge in [0.2, 0.25) is 5.75 Å². The Hall–Kier alpha value is -3.81. The number of aromatic nitrogens is 1. The minimum absolute atomic E-state index is 0.113. The second-order valence-corrected chi connectivity index (χ2v) is 10.5. The number of aryl methyl sites for hydroxylation is 1. The maximum atomic E-state index is 14.0. The van der Waals surface area contributed by atoms with Gasteiger partial charge in [-0.25, -0.2) is 4.99 Å². The Kier molecular flexibility index (Phi) is 6.33. The van der Waals surface area contributed by atoms with Gasteiger partial charge in [0.25, 0.3) is 5.56 Å². The summed E-state index contributed by atoms with van der Waals surface area (Å²) in [7, 11) is 4.70. The van der Waals surface area contributed by atoms with Gasteiger partial charge in [0.1, 0.15) is 0 Å². The lowest BCUT2D eigenvalue weighted by Gasteiger charge is -2.31. The molecule has 192 valence electrons. The van der Waals surface area contributed by atoms with E-state index in [0.29, 0.717) is 31.6 Å². The first-order valence-corrected chi connectivity index (χ1v) is 13.4. The molecule has 0 amide bonds. The first-order valence-electron chi connectivity index (χ1n) is 12.2. The molecule has 4 aromatic rings. The van der Waals surface area contributed by atoms with Crippen LogP contribution in [0.1, 0.15) is 34.7 Å². The standard InChI is InChI=1S/C30H25ClN2O4S/c1-35-23-14-17(15-24(36-2)28(23)37-3)16-25-29(34)33-27(20-10-6-7-11-22(20)31)21-13-12-18-8-4-5-9-19(18)26(21)32-30(33)38-25/h4-11,14-16,27H,12-13H2,1-3H3/b25-16-. The van der Waals surface area contributed by atoms with Crippen molar-refractivity contribution in [3.8, 4) is 17.2 Å². The second kappa shape index (κ2) is 9.82. The number of rotatable bonds is 5. The summed E-state index contributed by atoms with van der Waals surface area (Å²) in [5.74, 6) is 1.54. The van der Waals surface area contributed by atoms with Crippen molar-refractivity contribution >= 4 is 34.7 Å². The third-order valence-electron chi connectivity index (χ3n) is 7.06. The van der Waals surface area contributed by atoms with E-state index >= 15 is 0 Å². The summed E-state index contributed by atoms with van der Waals surface area (Å²) in [6.07, 6.45) is 3.54. The zero-order valence-electron chi connectivity index (χ0n) is 21.2. The van der Waals surface area contributed by atoms with Gasteiger partial charge in [-0.1, -0.05) is 65.4 Å². The predicted octanol–water partition coefficient (Wildman–Crippen LogP) is 5.00. The molecule has 1 aliphatic heterocycles. The molecular formula is C30H25ClN2O4S. The van der Waals surface area contributed by atoms with Gasteiger partial charge in [-0.2, -0.15) is 0 Å². The quantitative estimate of drug-likeness (QED) is 0.355. The molecule has 0 fully saturated rings. The minimum Gasteiger partial charge on any atom is -0.493 e. The molecule has 1 aliphatic carbocycles. The lowest BCUT2D eigenvalue weighted by atomic mass is 9.83. The first kappa shape index (κ1) is 24.5. The van der Waals surface area contributed by atoms with Crippen LogP contribution < -0.4 is 29.1 Å². The molecule has 6 nitrogen and oxygen atoms in total. The van der Waals surface area contributed by atoms with E-state index in [1.807, 2.05) is 48.5 Å². The number of hydrogen-bond acceptors (Lipinski definition) is 6. The van der Waals surface area contributed by atoms with E-state index in [9.17, 15) is 4.79 Å². The molecule has 0 N–H and O–H groups in total. The van der Waals surface area contributed by atoms with Crippen molar-refractivity contribution in [3.05, 3.63) is 113 Å². The van der Waals surface area contributed by atoms with Crippen LogP contribution in [-0.2, 0) is 6.42 Å². The fraction of sp³-hybridized carbons (Fsp3) is 0.200. The number of methoxy groups -OCH3 is 3. The molecular weight excluding hydrogens is 520 g/mol. The molecule has 1 aromatic heterocycles. The zero-order valence-corrected chi connectivity index (χ0v) is 22.7. The Morgan fingerprint density at radius 2 is 1.68 bits per heavy atom. The fourth-order valence-corrected chi connectivity index (χ4v) is 6.57. The Morgan fingerprint density at radius 1 is 0.974 bits per heavy atom. The van der Waals surface area contributed by atoms with Crippen LogP contribution in [0, 0.1) is 0 Å². The Morgan fingerprint density at radius 3 is 2.39 bits per heavy atom. The number of thiazole rings is 1. The van der Waals surface area contributed by atoms with E-state index in [4.69, 9.17) is 30.8 Å². The zero-order chi connectivity index (χ0) is 26.4. The molecule has 38 heavy (non-hydrogen) atoms. The van der Waals surface area contributed by atoms with Gasteiger partial charge in [-0.15, -0.1) is 0 Å². The SMILES string of the molecule is COc1cc(/C=c2\sc3n(c2=O)C(c2ccccc2Cl)C2=C(N=3)c3ccccc3CC2)cc(OC)c1OC. The van der Waals surface area contributed by atoms with Crippen molar-refractivity contribution in [2.75, 3.05) is 21.3 Å². The molecule has 0 spiro atoms. The van der Waals surface area contributed by atoms with Crippen molar-refractivity contribution < 1.29 is 14.2 Å². The molecule has 0 bridgehead atoms. The van der Waals surface area contributed by atoms with Crippen molar-refractivity contribution in [2.45, 2.75) is 18.9 Å². The van der Waals surface area contributed by atoms with Crippen LogP contribution in [0.5, 0.6) is 17.2 Å². The maximum absolute atomic E-state index is 14.0. The fourth-order valence-electron chi connectivity index (χ4n) is 5.33. The van der Waals surface area contributed by atoms with E-state index in [2.05, 4.69) is 18.2 Å². The summed E-state index contributed by atoms with van der Waals surface area (Å²) in [5.41, 5.74) is 5.99. The van der Waals surface area contributed by atoms with Gasteiger partial charge in [0, 0.05) is 10.6 Å². The van der Waals surface area contributed by atoms with E-state index in [0.717, 1.165) is 40.8 Å². The van der Waals surface area contributed by atoms with E-state index < -0.39 is 0 Å². The molecule has 6 rings (SSSR count). The normalized spacial score (nSPS) is 16.3. The number of hydrogen-bond donors (Lipinski definition) is 0. The van der Waals surface area contributed by atoms with Crippen LogP contribution in [0.4, 0.5) is 0 Å². The number of nitrogens with zero attached hydrogens (tertiary/aromatic N) is 2. The van der Waals surface area contributed by atoms with Crippen LogP contribution >= 0.6 is 22.9 Å². The van der Waals surface area contributed by atoms with Gasteiger partial charge in [0.15, 0.2) is 16.3 Å². The van der Waals surface area contributed by atoms with Crippen LogP contribution in [0.2, 0.25) is 5.02 Å². The summed E-state index contributed by atoms with van der Waals surface area (Å²) < 4.78 is 18.8. The smallest absolute Gasteiger partial charge is 0.271 e. The number of allylic oxidation sites excluding steroid dienone is 1. The summed E-state index contributed by atoms with van der Waals surface area (Å²) in [4.78, 5) is 19.7. The van der Waals surface area contributed by atoms with Gasteiger partial charge in [-0.05, 0) is 59.4 Å². The lowest BCUT2D eigenvalue weighted by molar-refractivity contribution is 0.324. The highest BCUT2D eigenvalue weighted by molar-refractivity contribution is 7.07. The second-order valence-electron chi connectivity index (χ2n) is 9.09. The molecule has 1 unspecified atom stereocenters. The number of fused-ring (bicyclic) bond motifs is 3. The third-order valence-corrected chi connectivity index (χ3v) is 8.38. The molecule has 2 aliphatic rings. The van der Waals surface area contributed by atoms with Crippen LogP contribution in [0.3, 0.4) is 0 Å². The van der Waals surface area contributed by atoms with Crippen LogP contribution in [0.15, 0.2) is 76.0 Å². The van der Waals surface area contributed by atoms with Crippen LogP contribution in [-0.4, -0.2) is 25.9 Å². The average Bonchev–Trinajstić information content (AvgIpc) is 3.25. The highest BCUT2D eigenvalue weighted by Gasteiger charge is 2.33. The molecule has 3 aromatic carbocycles. The topological polar surface area (TPSA) is 62.1 Å². The van der Waals surface area contributed by atoms with Gasteiger partial charge in [-0.3, -0.25) is 9.36 Å². The molecule has 2 heterocycles. The number of ether oxygens (including phenoxy) is 3. The Labute approximate surface area is 228 Å². The largest absolute Gasteiger partial charge is 0.493 e. The molecule has 8 heteroatoms. The Bertz CT molecular complexity index is 1760. The van der Waals surface area contributed by atoms with Crippen molar-refractivity contribution in [1.29, 1.82) is 0 Å². The van der Waals surface area contributed by atoms with Crippen molar-refractivity contribution in [1.82, 2.24) is 4.57 Å². The summed E-state index contributed by atoms with van der Waals surface area (Å²) in [6.45, 7) is 0. The van der Waals surface area contributed by atoms with E-state index in [-0.39, 0.29) is 11.6 Å². The van der Waals surface area contributed by atoms with Crippen molar-refractivity contribution in [2.24, 2.45) is 4.99 Å². The van der Waals surface area contributed by atoms with Gasteiger partial charge in [0.05, 0.1) is 37.6 Å². The number of halogens is 1. The van der Waals surface area contributed by atoms with Crippen LogP contribution in [0.25, 0.3) is 11.8 Å². The van der Waals surface area contributed by atoms with Gasteiger partial charge < -0.3 is 14.2 Å². The molecule has 0 radical (unpaired) electrons. The monoisotopic (exact) mass is 544 g/mol. The van der Waals surface area contributed by atoms with Crippen molar-refractivity contribution in [3.63, 3.8) is 0 Å². The van der Waals surface area contributed by atoms with Gasteiger partial charge >= 0.3 is 0 Å². The summed E-state index contributed by atoms with van der Waals surface area (Å²) in [5, 5.41) is 0.629. The highest BCUT2D eigenvalue weighted by atomic mass is 35.5. The first-order chi connectivity index (χ1) is 18.5. The molecule has 1 atom stereocenters. The minimum atomic E-state index is -0.328. The Balaban J connectivity index is 1.61. The van der Waals surface area contributed by atoms with E-state index in [1.165, 1.54) is 16.9 Å². The average molecular weight is 545 g/mol. The lowest BCUT2D eigenvalue weighted by Crippen LogP contribution is -2.38. The van der Waals surface area contributed by atoms with E-state index in [1.54, 1.807) is 25.9 Å². The highest BCUT2D eigenvalue weighted by Crippen LogP contribution is 2.43. The molecule has 0 saturated heterocycles. The maximum Gasteiger partial charge on any atom is 0.271 e. The summed E-state index contributed by atoms with van der Waals surface area (Å²) in [6, 6.07) is 19.4. The third kappa shape index (κ3) is 3.94. The predicted molar refractivity (Wildman–Crippen MR) is 150 cm³/mol.